The minimum Gasteiger partial charge on any atom is -0.508 e. The molecule has 50 heavy (non-hydrogen) atoms. The molecule has 13 heteroatoms. The Morgan fingerprint density at radius 1 is 0.860 bits per heavy atom. The number of hydrogen-bond acceptors (Lipinski definition) is 12. The third kappa shape index (κ3) is 5.40. The van der Waals surface area contributed by atoms with E-state index in [2.05, 4.69) is 9.97 Å². The standard InChI is InChI=1S/C37H28N4O9/c1-19(42)26-13-23(34(46)41(20(2)43)17-21-3-5-22(6-4-21)18-48-36-39-12-11-32(38)40-36)14-29-33(26)35(47)50-37(29)27-9-7-24(44)15-30(27)49-31-16-25(45)8-10-28(31)37/h3-16,44-45H,17-18H2,1-2H3,(H2,38,39,40). The number of nitrogens with two attached hydrogens (primary N) is 1. The van der Waals surface area contributed by atoms with Gasteiger partial charge in [-0.1, -0.05) is 24.3 Å². The molecule has 0 radical (unpaired) electrons. The van der Waals surface area contributed by atoms with Crippen molar-refractivity contribution in [3.05, 3.63) is 130 Å². The summed E-state index contributed by atoms with van der Waals surface area (Å²) < 4.78 is 17.7. The molecule has 0 unspecified atom stereocenters. The second kappa shape index (κ2) is 12.0. The minimum absolute atomic E-state index is 0.0406. The number of hydrogen-bond donors (Lipinski definition) is 3. The lowest BCUT2D eigenvalue weighted by atomic mass is 9.76. The number of aromatic nitrogens is 2. The van der Waals surface area contributed by atoms with Gasteiger partial charge in [0.2, 0.25) is 5.91 Å². The van der Waals surface area contributed by atoms with Gasteiger partial charge in [-0.3, -0.25) is 19.3 Å². The van der Waals surface area contributed by atoms with E-state index in [0.717, 1.165) is 10.5 Å². The third-order valence-electron chi connectivity index (χ3n) is 8.51. The van der Waals surface area contributed by atoms with E-state index >= 15 is 0 Å². The number of fused-ring (bicyclic) bond motifs is 6. The van der Waals surface area contributed by atoms with Crippen LogP contribution in [-0.4, -0.2) is 48.6 Å². The first-order valence-electron chi connectivity index (χ1n) is 15.3. The summed E-state index contributed by atoms with van der Waals surface area (Å²) in [5.41, 5.74) is 5.98. The number of ketones is 1. The predicted octanol–water partition coefficient (Wildman–Crippen LogP) is 5.01. The molecule has 0 fully saturated rings. The first-order valence-corrected chi connectivity index (χ1v) is 15.3. The Bertz CT molecular complexity index is 2200. The van der Waals surface area contributed by atoms with Crippen molar-refractivity contribution in [1.82, 2.24) is 14.9 Å². The van der Waals surface area contributed by atoms with Crippen molar-refractivity contribution in [2.45, 2.75) is 32.6 Å². The lowest BCUT2D eigenvalue weighted by Crippen LogP contribution is -2.36. The SMILES string of the molecule is CC(=O)c1cc(C(=O)N(Cc2ccc(COc3nccc(N)n3)cc2)C(C)=O)cc2c1C(=O)OC21c2ccc(O)cc2Oc2cc(O)ccc21. The number of anilines is 1. The summed E-state index contributed by atoms with van der Waals surface area (Å²) in [6.45, 7) is 2.57. The molecule has 4 aromatic carbocycles. The van der Waals surface area contributed by atoms with E-state index in [9.17, 15) is 29.4 Å². The average molecular weight is 673 g/mol. The number of carbonyl (C=O) groups is 4. The maximum absolute atomic E-state index is 14.2. The van der Waals surface area contributed by atoms with Crippen LogP contribution in [0.15, 0.2) is 85.1 Å². The monoisotopic (exact) mass is 672 g/mol. The maximum Gasteiger partial charge on any atom is 0.340 e. The van der Waals surface area contributed by atoms with Gasteiger partial charge < -0.3 is 30.2 Å². The van der Waals surface area contributed by atoms with E-state index in [4.69, 9.17) is 19.9 Å². The van der Waals surface area contributed by atoms with Crippen LogP contribution >= 0.6 is 0 Å². The summed E-state index contributed by atoms with van der Waals surface area (Å²) in [4.78, 5) is 62.9. The molecule has 0 aliphatic carbocycles. The first-order chi connectivity index (χ1) is 23.9. The van der Waals surface area contributed by atoms with Gasteiger partial charge >= 0.3 is 12.0 Å². The van der Waals surface area contributed by atoms with Crippen LogP contribution in [0, 0.1) is 0 Å². The predicted molar refractivity (Wildman–Crippen MR) is 176 cm³/mol. The zero-order valence-corrected chi connectivity index (χ0v) is 26.7. The summed E-state index contributed by atoms with van der Waals surface area (Å²) in [5.74, 6) is -2.33. The van der Waals surface area contributed by atoms with Crippen LogP contribution < -0.4 is 15.2 Å². The van der Waals surface area contributed by atoms with E-state index in [1.165, 1.54) is 68.6 Å². The van der Waals surface area contributed by atoms with Gasteiger partial charge in [-0.05, 0) is 60.5 Å². The van der Waals surface area contributed by atoms with Crippen molar-refractivity contribution < 1.29 is 43.6 Å². The van der Waals surface area contributed by atoms with E-state index < -0.39 is 29.2 Å². The Morgan fingerprint density at radius 2 is 1.50 bits per heavy atom. The Morgan fingerprint density at radius 3 is 2.10 bits per heavy atom. The summed E-state index contributed by atoms with van der Waals surface area (Å²) in [5, 5.41) is 20.5. The molecule has 7 rings (SSSR count). The number of rotatable bonds is 7. The molecule has 4 N–H and O–H groups in total. The van der Waals surface area contributed by atoms with Gasteiger partial charge in [0.05, 0.1) is 12.1 Å². The fraction of sp³-hybridized carbons (Fsp3) is 0.135. The highest BCUT2D eigenvalue weighted by Gasteiger charge is 2.55. The van der Waals surface area contributed by atoms with E-state index in [1.807, 2.05) is 0 Å². The minimum atomic E-state index is -1.73. The number of carbonyl (C=O) groups excluding carboxylic acids is 4. The summed E-state index contributed by atoms with van der Waals surface area (Å²) in [6, 6.07) is 19.9. The normalized spacial score (nSPS) is 13.4. The Balaban J connectivity index is 1.27. The number of nitrogen functional groups attached to an aromatic ring is 1. The fourth-order valence-electron chi connectivity index (χ4n) is 6.20. The zero-order valence-electron chi connectivity index (χ0n) is 26.7. The molecule has 0 bridgehead atoms. The number of benzene rings is 4. The summed E-state index contributed by atoms with van der Waals surface area (Å²) in [7, 11) is 0. The number of esters is 1. The quantitative estimate of drug-likeness (QED) is 0.155. The lowest BCUT2D eigenvalue weighted by molar-refractivity contribution is -0.126. The van der Waals surface area contributed by atoms with Crippen molar-refractivity contribution in [3.8, 4) is 29.0 Å². The topological polar surface area (TPSA) is 191 Å². The lowest BCUT2D eigenvalue weighted by Gasteiger charge is -2.36. The molecule has 13 nitrogen and oxygen atoms in total. The van der Waals surface area contributed by atoms with Crippen molar-refractivity contribution in [3.63, 3.8) is 0 Å². The van der Waals surface area contributed by atoms with E-state index in [1.54, 1.807) is 30.3 Å². The Hall–Kier alpha value is -6.76. The highest BCUT2D eigenvalue weighted by atomic mass is 16.6. The van der Waals surface area contributed by atoms with Gasteiger partial charge in [0.1, 0.15) is 35.4 Å². The van der Waals surface area contributed by atoms with Crippen molar-refractivity contribution in [1.29, 1.82) is 0 Å². The highest BCUT2D eigenvalue weighted by Crippen LogP contribution is 2.57. The Labute approximate surface area is 284 Å². The van der Waals surface area contributed by atoms with Crippen LogP contribution in [0.25, 0.3) is 0 Å². The molecule has 2 aliphatic rings. The van der Waals surface area contributed by atoms with Crippen molar-refractivity contribution in [2.24, 2.45) is 0 Å². The number of phenolic OH excluding ortho intramolecular Hbond substituents is 2. The fourth-order valence-corrected chi connectivity index (χ4v) is 6.20. The molecule has 5 aromatic rings. The van der Waals surface area contributed by atoms with Gasteiger partial charge in [0, 0.05) is 53.1 Å². The Kier molecular flexibility index (Phi) is 7.66. The number of amides is 2. The highest BCUT2D eigenvalue weighted by molar-refractivity contribution is 6.12. The second-order valence-electron chi connectivity index (χ2n) is 11.8. The molecule has 1 spiro atoms. The van der Waals surface area contributed by atoms with Crippen molar-refractivity contribution in [2.75, 3.05) is 5.73 Å². The van der Waals surface area contributed by atoms with Gasteiger partial charge in [-0.25, -0.2) is 9.78 Å². The van der Waals surface area contributed by atoms with E-state index in [0.29, 0.717) is 16.7 Å². The zero-order chi connectivity index (χ0) is 35.3. The van der Waals surface area contributed by atoms with E-state index in [-0.39, 0.29) is 70.2 Å². The number of imide groups is 1. The molecule has 0 saturated carbocycles. The smallest absolute Gasteiger partial charge is 0.340 e. The van der Waals surface area contributed by atoms with Crippen LogP contribution in [0.5, 0.6) is 29.0 Å². The molecule has 2 amide bonds. The van der Waals surface area contributed by atoms with Gasteiger partial charge in [-0.2, -0.15) is 4.98 Å². The van der Waals surface area contributed by atoms with Crippen LogP contribution in [0.1, 0.15) is 72.7 Å². The van der Waals surface area contributed by atoms with Gasteiger partial charge in [-0.15, -0.1) is 0 Å². The average Bonchev–Trinajstić information content (AvgIpc) is 3.37. The second-order valence-corrected chi connectivity index (χ2v) is 11.8. The number of Topliss-reactive ketones (excluding diaryl/α,β-unsaturated/α-hetero) is 1. The van der Waals surface area contributed by atoms with Crippen LogP contribution in [0.4, 0.5) is 5.82 Å². The van der Waals surface area contributed by atoms with Crippen molar-refractivity contribution >= 4 is 29.4 Å². The molecule has 0 saturated heterocycles. The maximum atomic E-state index is 14.2. The number of aromatic hydroxyl groups is 2. The third-order valence-corrected chi connectivity index (χ3v) is 8.51. The molecular weight excluding hydrogens is 644 g/mol. The molecule has 1 aromatic heterocycles. The number of ether oxygens (including phenoxy) is 3. The largest absolute Gasteiger partial charge is 0.508 e. The van der Waals surface area contributed by atoms with Gasteiger partial charge in [0.15, 0.2) is 11.4 Å². The summed E-state index contributed by atoms with van der Waals surface area (Å²) in [6.07, 6.45) is 1.48. The molecule has 3 heterocycles. The molecular formula is C37H28N4O9. The molecule has 0 atom stereocenters. The van der Waals surface area contributed by atoms with Crippen LogP contribution in [-0.2, 0) is 28.3 Å². The van der Waals surface area contributed by atoms with Crippen LogP contribution in [0.3, 0.4) is 0 Å². The number of phenols is 2. The first kappa shape index (κ1) is 31.8. The summed E-state index contributed by atoms with van der Waals surface area (Å²) >= 11 is 0. The molecule has 2 aliphatic heterocycles. The molecule has 250 valence electrons. The van der Waals surface area contributed by atoms with Crippen LogP contribution in [0.2, 0.25) is 0 Å². The van der Waals surface area contributed by atoms with Gasteiger partial charge in [0.25, 0.3) is 5.91 Å². The number of nitrogens with zero attached hydrogens (tertiary/aromatic N) is 3.